The van der Waals surface area contributed by atoms with E-state index < -0.39 is 0 Å². The summed E-state index contributed by atoms with van der Waals surface area (Å²) in [7, 11) is 1.90. The highest BCUT2D eigenvalue weighted by atomic mass is 16.1. The third-order valence-electron chi connectivity index (χ3n) is 3.16. The van der Waals surface area contributed by atoms with Crippen LogP contribution in [0.2, 0.25) is 0 Å². The van der Waals surface area contributed by atoms with E-state index in [1.807, 2.05) is 17.8 Å². The molecule has 1 aromatic rings. The van der Waals surface area contributed by atoms with Crippen molar-refractivity contribution < 1.29 is 4.79 Å². The third kappa shape index (κ3) is 5.87. The van der Waals surface area contributed by atoms with Crippen molar-refractivity contribution in [3.8, 4) is 0 Å². The van der Waals surface area contributed by atoms with Crippen LogP contribution in [0.5, 0.6) is 0 Å². The molecule has 0 aliphatic carbocycles. The first-order chi connectivity index (χ1) is 8.93. The Morgan fingerprint density at radius 3 is 2.68 bits per heavy atom. The predicted molar refractivity (Wildman–Crippen MR) is 76.8 cm³/mol. The molecule has 0 saturated heterocycles. The summed E-state index contributed by atoms with van der Waals surface area (Å²) in [6.45, 7) is 8.05. The van der Waals surface area contributed by atoms with E-state index in [0.29, 0.717) is 6.42 Å². The minimum Gasteiger partial charge on any atom is -0.351 e. The SMILES string of the molecule is CNCCCC(=O)NC(Cn1ccnc1)C(C)(C)C. The van der Waals surface area contributed by atoms with Crippen LogP contribution >= 0.6 is 0 Å². The first-order valence-corrected chi connectivity index (χ1v) is 6.83. The van der Waals surface area contributed by atoms with Crippen molar-refractivity contribution >= 4 is 5.91 Å². The molecule has 1 amide bonds. The van der Waals surface area contributed by atoms with Gasteiger partial charge in [-0.3, -0.25) is 4.79 Å². The van der Waals surface area contributed by atoms with Gasteiger partial charge in [0, 0.05) is 25.4 Å². The quantitative estimate of drug-likeness (QED) is 0.734. The van der Waals surface area contributed by atoms with Crippen molar-refractivity contribution in [3.05, 3.63) is 18.7 Å². The van der Waals surface area contributed by atoms with Crippen molar-refractivity contribution in [2.24, 2.45) is 5.41 Å². The molecule has 0 aliphatic rings. The average Bonchev–Trinajstić information content (AvgIpc) is 2.80. The topological polar surface area (TPSA) is 59.0 Å². The second kappa shape index (κ2) is 7.28. The molecule has 1 aromatic heterocycles. The van der Waals surface area contributed by atoms with E-state index in [-0.39, 0.29) is 17.4 Å². The van der Waals surface area contributed by atoms with Crippen molar-refractivity contribution in [1.29, 1.82) is 0 Å². The molecule has 19 heavy (non-hydrogen) atoms. The fourth-order valence-electron chi connectivity index (χ4n) is 1.83. The molecule has 1 rings (SSSR count). The molecule has 0 spiro atoms. The molecule has 1 unspecified atom stereocenters. The van der Waals surface area contributed by atoms with Crippen LogP contribution in [-0.4, -0.2) is 35.1 Å². The van der Waals surface area contributed by atoms with E-state index in [9.17, 15) is 4.79 Å². The minimum absolute atomic E-state index is 0.0168. The maximum absolute atomic E-state index is 11.9. The van der Waals surface area contributed by atoms with Crippen LogP contribution in [0.15, 0.2) is 18.7 Å². The number of nitrogens with zero attached hydrogens (tertiary/aromatic N) is 2. The van der Waals surface area contributed by atoms with Gasteiger partial charge in [-0.15, -0.1) is 0 Å². The van der Waals surface area contributed by atoms with E-state index in [1.165, 1.54) is 0 Å². The van der Waals surface area contributed by atoms with Gasteiger partial charge in [0.25, 0.3) is 0 Å². The summed E-state index contributed by atoms with van der Waals surface area (Å²) in [6, 6.07) is 0.101. The van der Waals surface area contributed by atoms with Gasteiger partial charge in [-0.05, 0) is 25.4 Å². The van der Waals surface area contributed by atoms with Crippen LogP contribution in [0.4, 0.5) is 0 Å². The Kier molecular flexibility index (Phi) is 6.02. The van der Waals surface area contributed by atoms with Crippen LogP contribution < -0.4 is 10.6 Å². The largest absolute Gasteiger partial charge is 0.351 e. The zero-order chi connectivity index (χ0) is 14.3. The molecular formula is C14H26N4O. The van der Waals surface area contributed by atoms with Gasteiger partial charge < -0.3 is 15.2 Å². The van der Waals surface area contributed by atoms with Gasteiger partial charge in [-0.25, -0.2) is 4.98 Å². The van der Waals surface area contributed by atoms with E-state index in [0.717, 1.165) is 19.5 Å². The van der Waals surface area contributed by atoms with Gasteiger partial charge in [0.05, 0.1) is 12.4 Å². The lowest BCUT2D eigenvalue weighted by molar-refractivity contribution is -0.122. The summed E-state index contributed by atoms with van der Waals surface area (Å²) in [4.78, 5) is 16.0. The predicted octanol–water partition coefficient (Wildman–Crippen LogP) is 1.41. The molecule has 5 heteroatoms. The van der Waals surface area contributed by atoms with Gasteiger partial charge in [-0.1, -0.05) is 20.8 Å². The summed E-state index contributed by atoms with van der Waals surface area (Å²) >= 11 is 0. The Balaban J connectivity index is 2.53. The monoisotopic (exact) mass is 266 g/mol. The number of amides is 1. The Bertz CT molecular complexity index is 367. The van der Waals surface area contributed by atoms with Gasteiger partial charge in [0.1, 0.15) is 0 Å². The highest BCUT2D eigenvalue weighted by Crippen LogP contribution is 2.20. The molecule has 2 N–H and O–H groups in total. The molecule has 1 heterocycles. The number of imidazole rings is 1. The van der Waals surface area contributed by atoms with Crippen LogP contribution in [0.3, 0.4) is 0 Å². The first-order valence-electron chi connectivity index (χ1n) is 6.83. The maximum atomic E-state index is 11.9. The Morgan fingerprint density at radius 2 is 2.16 bits per heavy atom. The van der Waals surface area contributed by atoms with Crippen molar-refractivity contribution in [1.82, 2.24) is 20.2 Å². The number of rotatable bonds is 7. The molecule has 108 valence electrons. The van der Waals surface area contributed by atoms with E-state index in [2.05, 4.69) is 36.4 Å². The van der Waals surface area contributed by atoms with Gasteiger partial charge >= 0.3 is 0 Å². The molecule has 0 aromatic carbocycles. The molecule has 0 aliphatic heterocycles. The average molecular weight is 266 g/mol. The zero-order valence-electron chi connectivity index (χ0n) is 12.4. The second-order valence-corrected chi connectivity index (χ2v) is 5.95. The lowest BCUT2D eigenvalue weighted by Gasteiger charge is -2.31. The fourth-order valence-corrected chi connectivity index (χ4v) is 1.83. The van der Waals surface area contributed by atoms with Crippen molar-refractivity contribution in [3.63, 3.8) is 0 Å². The van der Waals surface area contributed by atoms with Gasteiger partial charge in [0.2, 0.25) is 5.91 Å². The highest BCUT2D eigenvalue weighted by Gasteiger charge is 2.26. The molecular weight excluding hydrogens is 240 g/mol. The van der Waals surface area contributed by atoms with Gasteiger partial charge in [-0.2, -0.15) is 0 Å². The standard InChI is InChI=1S/C14H26N4O/c1-14(2,3)12(10-18-9-8-16-11-18)17-13(19)6-5-7-15-4/h8-9,11-12,15H,5-7,10H2,1-4H3,(H,17,19). The summed E-state index contributed by atoms with van der Waals surface area (Å²) in [6.07, 6.45) is 6.90. The molecule has 5 nitrogen and oxygen atoms in total. The van der Waals surface area contributed by atoms with Crippen LogP contribution in [0, 0.1) is 5.41 Å². The Hall–Kier alpha value is -1.36. The summed E-state index contributed by atoms with van der Waals surface area (Å²) in [5.41, 5.74) is 0.0168. The first kappa shape index (κ1) is 15.7. The second-order valence-electron chi connectivity index (χ2n) is 5.95. The zero-order valence-corrected chi connectivity index (χ0v) is 12.4. The smallest absolute Gasteiger partial charge is 0.220 e. The van der Waals surface area contributed by atoms with Crippen LogP contribution in [0.25, 0.3) is 0 Å². The van der Waals surface area contributed by atoms with Gasteiger partial charge in [0.15, 0.2) is 0 Å². The Labute approximate surface area is 115 Å². The normalized spacial score (nSPS) is 13.3. The van der Waals surface area contributed by atoms with E-state index in [1.54, 1.807) is 12.5 Å². The molecule has 0 saturated carbocycles. The summed E-state index contributed by atoms with van der Waals surface area (Å²) < 4.78 is 2.00. The molecule has 0 radical (unpaired) electrons. The van der Waals surface area contributed by atoms with E-state index in [4.69, 9.17) is 0 Å². The van der Waals surface area contributed by atoms with E-state index >= 15 is 0 Å². The van der Waals surface area contributed by atoms with Crippen molar-refractivity contribution in [2.45, 2.75) is 46.2 Å². The highest BCUT2D eigenvalue weighted by molar-refractivity contribution is 5.76. The molecule has 0 bridgehead atoms. The summed E-state index contributed by atoms with van der Waals surface area (Å²) in [5.74, 6) is 0.121. The molecule has 1 atom stereocenters. The lowest BCUT2D eigenvalue weighted by atomic mass is 9.86. The Morgan fingerprint density at radius 1 is 1.42 bits per heavy atom. The minimum atomic E-state index is 0.0168. The maximum Gasteiger partial charge on any atom is 0.220 e. The van der Waals surface area contributed by atoms with Crippen LogP contribution in [-0.2, 0) is 11.3 Å². The number of aromatic nitrogens is 2. The molecule has 0 fully saturated rings. The third-order valence-corrected chi connectivity index (χ3v) is 3.16. The summed E-state index contributed by atoms with van der Waals surface area (Å²) in [5, 5.41) is 6.19. The number of hydrogen-bond acceptors (Lipinski definition) is 3. The fraction of sp³-hybridized carbons (Fsp3) is 0.714. The van der Waals surface area contributed by atoms with Crippen LogP contribution in [0.1, 0.15) is 33.6 Å². The number of carbonyl (C=O) groups is 1. The number of nitrogens with one attached hydrogen (secondary N) is 2. The number of hydrogen-bond donors (Lipinski definition) is 2. The number of carbonyl (C=O) groups excluding carboxylic acids is 1. The van der Waals surface area contributed by atoms with Crippen molar-refractivity contribution in [2.75, 3.05) is 13.6 Å². The lowest BCUT2D eigenvalue weighted by Crippen LogP contribution is -2.46.